The van der Waals surface area contributed by atoms with Crippen LogP contribution in [0.3, 0.4) is 0 Å². The highest BCUT2D eigenvalue weighted by molar-refractivity contribution is 6.00. The largest absolute Gasteiger partial charge is 0.370 e. The maximum atomic E-state index is 4.47. The van der Waals surface area contributed by atoms with Gasteiger partial charge in [-0.3, -0.25) is 4.99 Å². The van der Waals surface area contributed by atoms with E-state index in [1.807, 2.05) is 0 Å². The molecule has 2 nitrogen and oxygen atoms in total. The van der Waals surface area contributed by atoms with Crippen LogP contribution in [0.1, 0.15) is 30.0 Å². The summed E-state index contributed by atoms with van der Waals surface area (Å²) in [5, 5.41) is 6.06. The lowest BCUT2D eigenvalue weighted by molar-refractivity contribution is 0.742. The van der Waals surface area contributed by atoms with Crippen molar-refractivity contribution >= 4 is 16.6 Å². The fraction of sp³-hybridized carbons (Fsp3) is 0.261. The molecule has 0 saturated carbocycles. The minimum atomic E-state index is 0.955. The minimum absolute atomic E-state index is 0.955. The van der Waals surface area contributed by atoms with Crippen molar-refractivity contribution in [2.45, 2.75) is 26.7 Å². The number of hydrogen-bond acceptors (Lipinski definition) is 2. The van der Waals surface area contributed by atoms with Crippen molar-refractivity contribution in [3.63, 3.8) is 0 Å². The summed E-state index contributed by atoms with van der Waals surface area (Å²) in [7, 11) is 0. The quantitative estimate of drug-likeness (QED) is 0.691. The number of benzene rings is 3. The van der Waals surface area contributed by atoms with E-state index in [1.54, 1.807) is 0 Å². The average molecular weight is 330 g/mol. The van der Waals surface area contributed by atoms with Gasteiger partial charge in [-0.1, -0.05) is 73.7 Å². The molecule has 3 aromatic carbocycles. The van der Waals surface area contributed by atoms with Crippen molar-refractivity contribution in [1.29, 1.82) is 0 Å². The number of amidine groups is 1. The van der Waals surface area contributed by atoms with Crippen LogP contribution >= 0.6 is 0 Å². The van der Waals surface area contributed by atoms with Gasteiger partial charge >= 0.3 is 0 Å². The van der Waals surface area contributed by atoms with Crippen LogP contribution in [0.5, 0.6) is 0 Å². The zero-order chi connectivity index (χ0) is 17.5. The first kappa shape index (κ1) is 17.2. The maximum absolute atomic E-state index is 4.47. The lowest BCUT2D eigenvalue weighted by atomic mass is 10.0. The molecule has 0 radical (unpaired) electrons. The van der Waals surface area contributed by atoms with Crippen molar-refractivity contribution < 1.29 is 0 Å². The first-order chi connectivity index (χ1) is 12.3. The highest BCUT2D eigenvalue weighted by Crippen LogP contribution is 2.18. The molecule has 1 heterocycles. The van der Waals surface area contributed by atoms with E-state index < -0.39 is 0 Å². The molecular weight excluding hydrogens is 304 g/mol. The Morgan fingerprint density at radius 2 is 1.68 bits per heavy atom. The molecule has 25 heavy (non-hydrogen) atoms. The summed E-state index contributed by atoms with van der Waals surface area (Å²) >= 11 is 0. The van der Waals surface area contributed by atoms with Crippen molar-refractivity contribution in [1.82, 2.24) is 5.32 Å². The molecule has 0 unspecified atom stereocenters. The molecule has 0 amide bonds. The number of nitrogens with zero attached hydrogens (tertiary/aromatic N) is 1. The SMILES string of the molecule is CCc1cccc2ccccc12.Cc1ccccc1C1=NCCCN1. The Balaban J connectivity index is 0.000000146. The lowest BCUT2D eigenvalue weighted by Crippen LogP contribution is -2.30. The van der Waals surface area contributed by atoms with Gasteiger partial charge in [0.1, 0.15) is 5.84 Å². The van der Waals surface area contributed by atoms with E-state index >= 15 is 0 Å². The monoisotopic (exact) mass is 330 g/mol. The summed E-state index contributed by atoms with van der Waals surface area (Å²) < 4.78 is 0. The number of fused-ring (bicyclic) bond motifs is 1. The van der Waals surface area contributed by atoms with Gasteiger partial charge in [-0.25, -0.2) is 0 Å². The summed E-state index contributed by atoms with van der Waals surface area (Å²) in [4.78, 5) is 4.47. The Labute approximate surface area is 150 Å². The van der Waals surface area contributed by atoms with Crippen molar-refractivity contribution in [2.24, 2.45) is 4.99 Å². The number of nitrogens with one attached hydrogen (secondary N) is 1. The van der Waals surface area contributed by atoms with Gasteiger partial charge < -0.3 is 5.32 Å². The normalized spacial score (nSPS) is 13.4. The Kier molecular flexibility index (Phi) is 5.84. The van der Waals surface area contributed by atoms with Crippen molar-refractivity contribution in [2.75, 3.05) is 13.1 Å². The van der Waals surface area contributed by atoms with Crippen molar-refractivity contribution in [3.05, 3.63) is 83.4 Å². The minimum Gasteiger partial charge on any atom is -0.370 e. The Morgan fingerprint density at radius 3 is 2.44 bits per heavy atom. The predicted molar refractivity (Wildman–Crippen MR) is 109 cm³/mol. The summed E-state index contributed by atoms with van der Waals surface area (Å²) in [5.41, 5.74) is 3.96. The molecule has 0 atom stereocenters. The topological polar surface area (TPSA) is 24.4 Å². The molecule has 0 bridgehead atoms. The van der Waals surface area contributed by atoms with Crippen LogP contribution < -0.4 is 5.32 Å². The predicted octanol–water partition coefficient (Wildman–Crippen LogP) is 5.14. The van der Waals surface area contributed by atoms with Gasteiger partial charge in [0.05, 0.1) is 0 Å². The van der Waals surface area contributed by atoms with Gasteiger partial charge in [0.2, 0.25) is 0 Å². The Bertz CT molecular complexity index is 859. The molecule has 1 aliphatic heterocycles. The zero-order valence-corrected chi connectivity index (χ0v) is 15.1. The standard InChI is InChI=1S/C12H12.C11H14N2/c1-2-10-7-5-8-11-6-3-4-9-12(10)11;1-9-5-2-3-6-10(9)11-12-7-4-8-13-11/h3-9H,2H2,1H3;2-3,5-6H,4,7-8H2,1H3,(H,12,13). The van der Waals surface area contributed by atoms with Crippen LogP contribution in [0, 0.1) is 6.92 Å². The van der Waals surface area contributed by atoms with Crippen LogP contribution in [0.25, 0.3) is 10.8 Å². The van der Waals surface area contributed by atoms with E-state index in [0.29, 0.717) is 0 Å². The number of aryl methyl sites for hydroxylation is 2. The molecule has 1 aliphatic rings. The van der Waals surface area contributed by atoms with Crippen molar-refractivity contribution in [3.8, 4) is 0 Å². The van der Waals surface area contributed by atoms with Gasteiger partial charge in [0, 0.05) is 18.7 Å². The molecule has 128 valence electrons. The summed E-state index contributed by atoms with van der Waals surface area (Å²) in [6.07, 6.45) is 2.26. The maximum Gasteiger partial charge on any atom is 0.128 e. The number of rotatable bonds is 2. The van der Waals surface area contributed by atoms with Crippen LogP contribution in [0.4, 0.5) is 0 Å². The lowest BCUT2D eigenvalue weighted by Gasteiger charge is -2.15. The third-order valence-electron chi connectivity index (χ3n) is 4.56. The third-order valence-corrected chi connectivity index (χ3v) is 4.56. The van der Waals surface area contributed by atoms with Gasteiger partial charge in [0.15, 0.2) is 0 Å². The van der Waals surface area contributed by atoms with E-state index in [-0.39, 0.29) is 0 Å². The molecule has 0 saturated heterocycles. The van der Waals surface area contributed by atoms with Crippen LogP contribution in [-0.4, -0.2) is 18.9 Å². The van der Waals surface area contributed by atoms with Gasteiger partial charge in [-0.05, 0) is 41.7 Å². The van der Waals surface area contributed by atoms with E-state index in [1.165, 1.54) is 27.5 Å². The highest BCUT2D eigenvalue weighted by Gasteiger charge is 2.07. The van der Waals surface area contributed by atoms with Gasteiger partial charge in [-0.2, -0.15) is 0 Å². The first-order valence-electron chi connectivity index (χ1n) is 9.10. The summed E-state index contributed by atoms with van der Waals surface area (Å²) in [5.74, 6) is 1.06. The smallest absolute Gasteiger partial charge is 0.128 e. The second-order valence-electron chi connectivity index (χ2n) is 6.32. The van der Waals surface area contributed by atoms with E-state index in [4.69, 9.17) is 0 Å². The zero-order valence-electron chi connectivity index (χ0n) is 15.1. The number of hydrogen-bond donors (Lipinski definition) is 1. The Hall–Kier alpha value is -2.61. The van der Waals surface area contributed by atoms with Crippen LogP contribution in [-0.2, 0) is 6.42 Å². The van der Waals surface area contributed by atoms with E-state index in [0.717, 1.165) is 31.8 Å². The third kappa shape index (κ3) is 4.27. The average Bonchev–Trinajstić information content (AvgIpc) is 2.69. The molecule has 1 N–H and O–H groups in total. The second-order valence-corrected chi connectivity index (χ2v) is 6.32. The molecular formula is C23H26N2. The molecule has 0 aromatic heterocycles. The summed E-state index contributed by atoms with van der Waals surface area (Å²) in [6.45, 7) is 6.32. The van der Waals surface area contributed by atoms with Gasteiger partial charge in [-0.15, -0.1) is 0 Å². The molecule has 4 rings (SSSR count). The van der Waals surface area contributed by atoms with Crippen LogP contribution in [0.2, 0.25) is 0 Å². The fourth-order valence-electron chi connectivity index (χ4n) is 3.15. The van der Waals surface area contributed by atoms with Gasteiger partial charge in [0.25, 0.3) is 0 Å². The molecule has 3 aromatic rings. The molecule has 0 fully saturated rings. The van der Waals surface area contributed by atoms with E-state index in [9.17, 15) is 0 Å². The number of aliphatic imine (C=N–C) groups is 1. The molecule has 0 spiro atoms. The fourth-order valence-corrected chi connectivity index (χ4v) is 3.15. The van der Waals surface area contributed by atoms with E-state index in [2.05, 4.69) is 90.9 Å². The molecule has 2 heteroatoms. The summed E-state index contributed by atoms with van der Waals surface area (Å²) in [6, 6.07) is 23.4. The first-order valence-corrected chi connectivity index (χ1v) is 9.10. The molecule has 0 aliphatic carbocycles. The highest BCUT2D eigenvalue weighted by atomic mass is 15.0. The Morgan fingerprint density at radius 1 is 0.920 bits per heavy atom. The van der Waals surface area contributed by atoms with Crippen LogP contribution in [0.15, 0.2) is 71.7 Å². The second kappa shape index (κ2) is 8.48.